The van der Waals surface area contributed by atoms with Crippen LogP contribution in [0.1, 0.15) is 38.5 Å². The van der Waals surface area contributed by atoms with E-state index in [1.54, 1.807) is 0 Å². The maximum atomic E-state index is 11.4. The Hall–Kier alpha value is -0.770. The molecule has 5 unspecified atom stereocenters. The summed E-state index contributed by atoms with van der Waals surface area (Å²) in [6, 6.07) is 0.552. The number of quaternary nitrogens is 2. The Bertz CT molecular complexity index is 464. The lowest BCUT2D eigenvalue weighted by molar-refractivity contribution is -0.720. The fourth-order valence-electron chi connectivity index (χ4n) is 5.06. The first kappa shape index (κ1) is 17.6. The van der Waals surface area contributed by atoms with Crippen molar-refractivity contribution in [1.82, 2.24) is 15.7 Å². The zero-order chi connectivity index (χ0) is 17.2. The largest absolute Gasteiger partial charge is 0.369 e. The number of hydrogen-bond acceptors (Lipinski definition) is 5. The number of carbonyl (C=O) groups excluding carboxylic acids is 1. The van der Waals surface area contributed by atoms with Crippen LogP contribution in [0, 0.1) is 11.8 Å². The van der Waals surface area contributed by atoms with E-state index in [9.17, 15) is 4.79 Å². The van der Waals surface area contributed by atoms with Gasteiger partial charge in [0.1, 0.15) is 12.2 Å². The van der Waals surface area contributed by atoms with Gasteiger partial charge in [0, 0.05) is 50.6 Å². The molecule has 4 aliphatic heterocycles. The molecule has 25 heavy (non-hydrogen) atoms. The van der Waals surface area contributed by atoms with Crippen LogP contribution in [0.2, 0.25) is 0 Å². The van der Waals surface area contributed by atoms with Crippen LogP contribution in [-0.4, -0.2) is 61.6 Å². The molecule has 8 nitrogen and oxygen atoms in total. The molecule has 4 heterocycles. The van der Waals surface area contributed by atoms with E-state index in [-0.39, 0.29) is 24.2 Å². The first-order chi connectivity index (χ1) is 12.2. The van der Waals surface area contributed by atoms with Gasteiger partial charge in [0.2, 0.25) is 5.91 Å². The molecule has 4 aliphatic rings. The number of nitrogens with one attached hydrogen (secondary N) is 2. The van der Waals surface area contributed by atoms with Crippen molar-refractivity contribution in [3.8, 4) is 0 Å². The maximum Gasteiger partial charge on any atom is 0.220 e. The van der Waals surface area contributed by atoms with Crippen LogP contribution in [0.15, 0.2) is 0 Å². The van der Waals surface area contributed by atoms with Gasteiger partial charge < -0.3 is 16.4 Å². The van der Waals surface area contributed by atoms with Gasteiger partial charge in [-0.3, -0.25) is 19.8 Å². The Balaban J connectivity index is 1.27. The van der Waals surface area contributed by atoms with E-state index in [4.69, 9.17) is 10.6 Å². The number of hydrogen-bond donors (Lipinski definition) is 5. The van der Waals surface area contributed by atoms with Crippen LogP contribution in [0.5, 0.6) is 0 Å². The summed E-state index contributed by atoms with van der Waals surface area (Å²) < 4.78 is 0. The number of nitrogens with zero attached hydrogens (tertiary/aromatic N) is 1. The second-order valence-electron chi connectivity index (χ2n) is 8.22. The second kappa shape index (κ2) is 7.85. The normalized spacial score (nSPS) is 41.2. The number of piperidine rings is 2. The molecule has 8 heteroatoms. The summed E-state index contributed by atoms with van der Waals surface area (Å²) in [7, 11) is 0. The fourth-order valence-corrected chi connectivity index (χ4v) is 5.06. The summed E-state index contributed by atoms with van der Waals surface area (Å²) in [5.41, 5.74) is 8.74. The van der Waals surface area contributed by atoms with Crippen LogP contribution < -0.4 is 27.2 Å². The van der Waals surface area contributed by atoms with E-state index in [0.29, 0.717) is 18.1 Å². The van der Waals surface area contributed by atoms with Crippen LogP contribution >= 0.6 is 0 Å². The molecule has 0 aromatic carbocycles. The summed E-state index contributed by atoms with van der Waals surface area (Å²) in [6.07, 6.45) is 7.65. The van der Waals surface area contributed by atoms with Crippen molar-refractivity contribution in [2.24, 2.45) is 17.6 Å². The molecule has 0 aromatic rings. The number of hydroxylamine groups is 1. The summed E-state index contributed by atoms with van der Waals surface area (Å²) in [5, 5.41) is 8.57. The predicted octanol–water partition coefficient (Wildman–Crippen LogP) is -3.01. The van der Waals surface area contributed by atoms with Crippen molar-refractivity contribution in [2.75, 3.05) is 26.2 Å². The Labute approximate surface area is 149 Å². The minimum absolute atomic E-state index is 0.0747. The van der Waals surface area contributed by atoms with Crippen LogP contribution in [0.4, 0.5) is 0 Å². The zero-order valence-electron chi connectivity index (χ0n) is 15.0. The lowest BCUT2D eigenvalue weighted by Gasteiger charge is -2.39. The number of likely N-dealkylation sites (tertiary alicyclic amines) is 1. The Morgan fingerprint density at radius 2 is 1.96 bits per heavy atom. The highest BCUT2D eigenvalue weighted by Crippen LogP contribution is 2.24. The molecule has 5 atom stereocenters. The third-order valence-corrected chi connectivity index (χ3v) is 6.66. The van der Waals surface area contributed by atoms with Crippen molar-refractivity contribution in [3.05, 3.63) is 0 Å². The Morgan fingerprint density at radius 3 is 2.68 bits per heavy atom. The molecular weight excluding hydrogens is 320 g/mol. The topological polar surface area (TPSA) is 113 Å². The molecule has 4 fully saturated rings. The molecule has 8 N–H and O–H groups in total. The van der Waals surface area contributed by atoms with Gasteiger partial charge in [-0.15, -0.1) is 0 Å². The van der Waals surface area contributed by atoms with E-state index in [1.165, 1.54) is 25.8 Å². The highest BCUT2D eigenvalue weighted by atomic mass is 16.7. The van der Waals surface area contributed by atoms with Gasteiger partial charge in [-0.1, -0.05) is 0 Å². The van der Waals surface area contributed by atoms with E-state index < -0.39 is 0 Å². The van der Waals surface area contributed by atoms with Crippen LogP contribution in [0.3, 0.4) is 0 Å². The quantitative estimate of drug-likeness (QED) is 0.369. The monoisotopic (exact) mass is 354 g/mol. The molecule has 0 saturated carbocycles. The molecule has 0 aromatic heterocycles. The van der Waals surface area contributed by atoms with Crippen molar-refractivity contribution < 1.29 is 20.3 Å². The number of carbonyl (C=O) groups is 1. The highest BCUT2D eigenvalue weighted by molar-refractivity contribution is 5.76. The van der Waals surface area contributed by atoms with E-state index in [0.717, 1.165) is 38.9 Å². The van der Waals surface area contributed by atoms with Gasteiger partial charge in [0.05, 0.1) is 19.3 Å². The lowest BCUT2D eigenvalue weighted by atomic mass is 9.90. The molecule has 1 amide bonds. The number of primary amides is 1. The Morgan fingerprint density at radius 1 is 1.12 bits per heavy atom. The van der Waals surface area contributed by atoms with Gasteiger partial charge in [-0.05, 0) is 12.8 Å². The van der Waals surface area contributed by atoms with Gasteiger partial charge in [-0.2, -0.15) is 5.48 Å². The first-order valence-corrected chi connectivity index (χ1v) is 10.1. The number of nitrogens with two attached hydrogens (primary N) is 3. The van der Waals surface area contributed by atoms with E-state index in [2.05, 4.69) is 26.3 Å². The summed E-state index contributed by atoms with van der Waals surface area (Å²) in [6.45, 7) is 4.36. The van der Waals surface area contributed by atoms with Crippen molar-refractivity contribution >= 4 is 5.91 Å². The summed E-state index contributed by atoms with van der Waals surface area (Å²) in [4.78, 5) is 19.8. The molecule has 0 bridgehead atoms. The van der Waals surface area contributed by atoms with Crippen molar-refractivity contribution in [2.45, 2.75) is 63.1 Å². The second-order valence-corrected chi connectivity index (χ2v) is 8.22. The summed E-state index contributed by atoms with van der Waals surface area (Å²) >= 11 is 0. The van der Waals surface area contributed by atoms with E-state index in [1.807, 2.05) is 0 Å². The smallest absolute Gasteiger partial charge is 0.220 e. The molecule has 0 spiro atoms. The van der Waals surface area contributed by atoms with Crippen LogP contribution in [-0.2, 0) is 9.63 Å². The van der Waals surface area contributed by atoms with Gasteiger partial charge >= 0.3 is 0 Å². The SMILES string of the molecule is NC(=O)C1CCN(C2CC(C3NOC(C4CCC[NH2+]4)N3)CC[NH2+]2)CC1. The van der Waals surface area contributed by atoms with Crippen molar-refractivity contribution in [1.29, 1.82) is 0 Å². The van der Waals surface area contributed by atoms with E-state index >= 15 is 0 Å². The molecule has 0 aliphatic carbocycles. The molecule has 4 rings (SSSR count). The molecule has 142 valence electrons. The fraction of sp³-hybridized carbons (Fsp3) is 0.941. The maximum absolute atomic E-state index is 11.4. The van der Waals surface area contributed by atoms with Gasteiger partial charge in [0.15, 0.2) is 6.23 Å². The summed E-state index contributed by atoms with van der Waals surface area (Å²) in [5.74, 6) is 0.539. The predicted molar refractivity (Wildman–Crippen MR) is 91.5 cm³/mol. The average Bonchev–Trinajstić information content (AvgIpc) is 3.33. The van der Waals surface area contributed by atoms with Gasteiger partial charge in [0.25, 0.3) is 0 Å². The van der Waals surface area contributed by atoms with Crippen molar-refractivity contribution in [3.63, 3.8) is 0 Å². The number of rotatable bonds is 4. The Kier molecular flexibility index (Phi) is 5.54. The number of amides is 1. The third kappa shape index (κ3) is 3.99. The third-order valence-electron chi connectivity index (χ3n) is 6.66. The average molecular weight is 354 g/mol. The van der Waals surface area contributed by atoms with Crippen LogP contribution in [0.25, 0.3) is 0 Å². The standard InChI is InChI=1S/C17H32N6O2/c18-15(24)11-4-8-23(9-5-11)14-10-12(3-7-20-14)16-21-17(25-22-16)13-2-1-6-19-13/h11-14,16-17,19-22H,1-10H2,(H2,18,24)/p+2. The van der Waals surface area contributed by atoms with Gasteiger partial charge in [-0.25, -0.2) is 0 Å². The zero-order valence-corrected chi connectivity index (χ0v) is 15.0. The lowest BCUT2D eigenvalue weighted by Crippen LogP contribution is -2.95. The highest BCUT2D eigenvalue weighted by Gasteiger charge is 2.42. The first-order valence-electron chi connectivity index (χ1n) is 10.1. The molecular formula is C17H34N6O2+2. The minimum atomic E-state index is -0.128. The molecule has 4 saturated heterocycles. The molecule has 0 radical (unpaired) electrons. The minimum Gasteiger partial charge on any atom is -0.369 e.